The summed E-state index contributed by atoms with van der Waals surface area (Å²) in [6.45, 7) is 0.514. The maximum Gasteiger partial charge on any atom is 0.214 e. The molecule has 0 bridgehead atoms. The lowest BCUT2D eigenvalue weighted by Crippen LogP contribution is -1.97. The standard InChI is InChI=1S/C19H17NO2/c1-21-17-12-10-16(11-13-17)18-8-5-9-19(20-18)22-14-15-6-3-2-4-7-15/h2-13H,14H2,1H3. The van der Waals surface area contributed by atoms with Crippen molar-refractivity contribution < 1.29 is 9.47 Å². The zero-order valence-corrected chi connectivity index (χ0v) is 12.4. The van der Waals surface area contributed by atoms with E-state index in [1.165, 1.54) is 0 Å². The summed E-state index contributed by atoms with van der Waals surface area (Å²) in [6.07, 6.45) is 0. The fraction of sp³-hybridized carbons (Fsp3) is 0.105. The zero-order chi connectivity index (χ0) is 15.2. The first-order chi connectivity index (χ1) is 10.8. The van der Waals surface area contributed by atoms with Crippen LogP contribution in [0.1, 0.15) is 5.56 Å². The summed E-state index contributed by atoms with van der Waals surface area (Å²) in [4.78, 5) is 4.55. The Labute approximate surface area is 130 Å². The fourth-order valence-electron chi connectivity index (χ4n) is 2.15. The van der Waals surface area contributed by atoms with E-state index in [4.69, 9.17) is 9.47 Å². The number of methoxy groups -OCH3 is 1. The lowest BCUT2D eigenvalue weighted by Gasteiger charge is -2.08. The Morgan fingerprint density at radius 1 is 0.818 bits per heavy atom. The minimum absolute atomic E-state index is 0.514. The van der Waals surface area contributed by atoms with Gasteiger partial charge in [0.1, 0.15) is 12.4 Å². The molecule has 3 nitrogen and oxygen atoms in total. The van der Waals surface area contributed by atoms with Crippen LogP contribution in [0, 0.1) is 0 Å². The van der Waals surface area contributed by atoms with Crippen LogP contribution in [-0.4, -0.2) is 12.1 Å². The molecule has 0 fully saturated rings. The molecule has 3 rings (SSSR count). The van der Waals surface area contributed by atoms with E-state index in [1.54, 1.807) is 7.11 Å². The lowest BCUT2D eigenvalue weighted by atomic mass is 10.1. The first-order valence-electron chi connectivity index (χ1n) is 7.13. The quantitative estimate of drug-likeness (QED) is 0.701. The Kier molecular flexibility index (Phi) is 4.35. The van der Waals surface area contributed by atoms with E-state index < -0.39 is 0 Å². The van der Waals surface area contributed by atoms with E-state index in [2.05, 4.69) is 4.98 Å². The van der Waals surface area contributed by atoms with Gasteiger partial charge in [-0.15, -0.1) is 0 Å². The highest BCUT2D eigenvalue weighted by Crippen LogP contribution is 2.22. The largest absolute Gasteiger partial charge is 0.497 e. The van der Waals surface area contributed by atoms with Gasteiger partial charge < -0.3 is 9.47 Å². The summed E-state index contributed by atoms with van der Waals surface area (Å²) in [7, 11) is 1.66. The molecular weight excluding hydrogens is 274 g/mol. The molecule has 1 aromatic heterocycles. The predicted molar refractivity (Wildman–Crippen MR) is 87.0 cm³/mol. The van der Waals surface area contributed by atoms with Crippen molar-refractivity contribution in [2.45, 2.75) is 6.61 Å². The topological polar surface area (TPSA) is 31.4 Å². The van der Waals surface area contributed by atoms with Crippen LogP contribution in [0.5, 0.6) is 11.6 Å². The minimum Gasteiger partial charge on any atom is -0.497 e. The smallest absolute Gasteiger partial charge is 0.214 e. The van der Waals surface area contributed by atoms with Crippen LogP contribution in [0.2, 0.25) is 0 Å². The zero-order valence-electron chi connectivity index (χ0n) is 12.4. The summed E-state index contributed by atoms with van der Waals surface area (Å²) < 4.78 is 10.9. The molecule has 0 aliphatic carbocycles. The van der Waals surface area contributed by atoms with Gasteiger partial charge in [-0.2, -0.15) is 0 Å². The molecule has 3 aromatic rings. The van der Waals surface area contributed by atoms with Crippen molar-refractivity contribution in [2.24, 2.45) is 0 Å². The first-order valence-corrected chi connectivity index (χ1v) is 7.13. The van der Waals surface area contributed by atoms with Gasteiger partial charge in [-0.3, -0.25) is 0 Å². The average Bonchev–Trinajstić information content (AvgIpc) is 2.61. The van der Waals surface area contributed by atoms with E-state index in [1.807, 2.05) is 72.8 Å². The van der Waals surface area contributed by atoms with Crippen molar-refractivity contribution in [3.05, 3.63) is 78.4 Å². The van der Waals surface area contributed by atoms with Crippen molar-refractivity contribution in [1.82, 2.24) is 4.98 Å². The van der Waals surface area contributed by atoms with Gasteiger partial charge in [0, 0.05) is 11.6 Å². The van der Waals surface area contributed by atoms with Crippen molar-refractivity contribution in [3.63, 3.8) is 0 Å². The van der Waals surface area contributed by atoms with Gasteiger partial charge in [-0.25, -0.2) is 4.98 Å². The molecule has 0 spiro atoms. The van der Waals surface area contributed by atoms with Crippen LogP contribution in [-0.2, 0) is 6.61 Å². The number of hydrogen-bond acceptors (Lipinski definition) is 3. The molecule has 1 heterocycles. The molecule has 2 aromatic carbocycles. The second-order valence-corrected chi connectivity index (χ2v) is 4.86. The maximum atomic E-state index is 5.76. The molecule has 0 saturated carbocycles. The van der Waals surface area contributed by atoms with Gasteiger partial charge in [0.05, 0.1) is 12.8 Å². The van der Waals surface area contributed by atoms with Crippen LogP contribution >= 0.6 is 0 Å². The summed E-state index contributed by atoms with van der Waals surface area (Å²) >= 11 is 0. The molecule has 0 unspecified atom stereocenters. The summed E-state index contributed by atoms with van der Waals surface area (Å²) in [5.74, 6) is 1.46. The van der Waals surface area contributed by atoms with Crippen molar-refractivity contribution in [2.75, 3.05) is 7.11 Å². The number of ether oxygens (including phenoxy) is 2. The lowest BCUT2D eigenvalue weighted by molar-refractivity contribution is 0.294. The normalized spacial score (nSPS) is 10.2. The van der Waals surface area contributed by atoms with E-state index in [0.717, 1.165) is 22.6 Å². The van der Waals surface area contributed by atoms with Crippen LogP contribution in [0.15, 0.2) is 72.8 Å². The minimum atomic E-state index is 0.514. The number of rotatable bonds is 5. The number of pyridine rings is 1. The van der Waals surface area contributed by atoms with Gasteiger partial charge >= 0.3 is 0 Å². The molecule has 0 saturated heterocycles. The van der Waals surface area contributed by atoms with E-state index in [-0.39, 0.29) is 0 Å². The molecular formula is C19H17NO2. The molecule has 110 valence electrons. The van der Waals surface area contributed by atoms with Crippen LogP contribution < -0.4 is 9.47 Å². The van der Waals surface area contributed by atoms with Crippen molar-refractivity contribution in [3.8, 4) is 22.9 Å². The molecule has 0 aliphatic rings. The van der Waals surface area contributed by atoms with Crippen LogP contribution in [0.3, 0.4) is 0 Å². The van der Waals surface area contributed by atoms with E-state index >= 15 is 0 Å². The predicted octanol–water partition coefficient (Wildman–Crippen LogP) is 4.34. The first kappa shape index (κ1) is 14.1. The van der Waals surface area contributed by atoms with Gasteiger partial charge in [0.2, 0.25) is 5.88 Å². The highest BCUT2D eigenvalue weighted by molar-refractivity contribution is 5.60. The third-order valence-corrected chi connectivity index (χ3v) is 3.34. The summed E-state index contributed by atoms with van der Waals surface area (Å²) in [5, 5.41) is 0. The van der Waals surface area contributed by atoms with Crippen molar-refractivity contribution in [1.29, 1.82) is 0 Å². The highest BCUT2D eigenvalue weighted by Gasteiger charge is 2.03. The fourth-order valence-corrected chi connectivity index (χ4v) is 2.15. The SMILES string of the molecule is COc1ccc(-c2cccc(OCc3ccccc3)n2)cc1. The molecule has 0 atom stereocenters. The molecule has 0 aliphatic heterocycles. The van der Waals surface area contributed by atoms with Crippen molar-refractivity contribution >= 4 is 0 Å². The summed E-state index contributed by atoms with van der Waals surface area (Å²) in [5.41, 5.74) is 3.04. The third kappa shape index (κ3) is 3.44. The second-order valence-electron chi connectivity index (χ2n) is 4.86. The molecule has 3 heteroatoms. The average molecular weight is 291 g/mol. The highest BCUT2D eigenvalue weighted by atomic mass is 16.5. The van der Waals surface area contributed by atoms with Crippen LogP contribution in [0.25, 0.3) is 11.3 Å². The Hall–Kier alpha value is -2.81. The molecule has 0 N–H and O–H groups in total. The van der Waals surface area contributed by atoms with E-state index in [0.29, 0.717) is 12.5 Å². The van der Waals surface area contributed by atoms with Gasteiger partial charge in [0.25, 0.3) is 0 Å². The van der Waals surface area contributed by atoms with Gasteiger partial charge in [-0.05, 0) is 35.9 Å². The Morgan fingerprint density at radius 2 is 1.59 bits per heavy atom. The Morgan fingerprint density at radius 3 is 2.32 bits per heavy atom. The molecule has 0 amide bonds. The number of aromatic nitrogens is 1. The Bertz CT molecular complexity index is 724. The third-order valence-electron chi connectivity index (χ3n) is 3.34. The summed E-state index contributed by atoms with van der Waals surface area (Å²) in [6, 6.07) is 23.7. The van der Waals surface area contributed by atoms with E-state index in [9.17, 15) is 0 Å². The maximum absolute atomic E-state index is 5.76. The van der Waals surface area contributed by atoms with Gasteiger partial charge in [0.15, 0.2) is 0 Å². The molecule has 22 heavy (non-hydrogen) atoms. The number of nitrogens with zero attached hydrogens (tertiary/aromatic N) is 1. The van der Waals surface area contributed by atoms with Crippen LogP contribution in [0.4, 0.5) is 0 Å². The Balaban J connectivity index is 1.74. The number of benzene rings is 2. The second kappa shape index (κ2) is 6.76. The molecule has 0 radical (unpaired) electrons. The monoisotopic (exact) mass is 291 g/mol. The van der Waals surface area contributed by atoms with Gasteiger partial charge in [-0.1, -0.05) is 36.4 Å². The number of hydrogen-bond donors (Lipinski definition) is 0.